The van der Waals surface area contributed by atoms with Gasteiger partial charge in [-0.2, -0.15) is 0 Å². The lowest BCUT2D eigenvalue weighted by Gasteiger charge is -2.37. The molecule has 1 aliphatic carbocycles. The van der Waals surface area contributed by atoms with Crippen molar-refractivity contribution in [2.45, 2.75) is 37.6 Å². The van der Waals surface area contributed by atoms with Gasteiger partial charge in [0.05, 0.1) is 0 Å². The molecule has 2 nitrogen and oxygen atoms in total. The van der Waals surface area contributed by atoms with Gasteiger partial charge in [0.1, 0.15) is 11.6 Å². The van der Waals surface area contributed by atoms with Crippen LogP contribution in [0.3, 0.4) is 0 Å². The summed E-state index contributed by atoms with van der Waals surface area (Å²) in [6, 6.07) is 6.06. The van der Waals surface area contributed by atoms with Crippen LogP contribution in [0.4, 0.5) is 4.39 Å². The van der Waals surface area contributed by atoms with Crippen molar-refractivity contribution in [1.29, 1.82) is 0 Å². The molecule has 86 valence electrons. The van der Waals surface area contributed by atoms with E-state index in [4.69, 9.17) is 5.73 Å². The van der Waals surface area contributed by atoms with E-state index in [9.17, 15) is 9.18 Å². The second kappa shape index (κ2) is 4.34. The van der Waals surface area contributed by atoms with E-state index in [0.717, 1.165) is 24.8 Å². The third-order valence-corrected chi connectivity index (χ3v) is 3.21. The van der Waals surface area contributed by atoms with Crippen LogP contribution in [0.25, 0.3) is 0 Å². The lowest BCUT2D eigenvalue weighted by Crippen LogP contribution is -2.48. The van der Waals surface area contributed by atoms with Gasteiger partial charge in [0, 0.05) is 18.4 Å². The van der Waals surface area contributed by atoms with Gasteiger partial charge in [-0.3, -0.25) is 4.79 Å². The van der Waals surface area contributed by atoms with Crippen LogP contribution >= 0.6 is 0 Å². The number of nitrogens with two attached hydrogens (primary N) is 1. The van der Waals surface area contributed by atoms with E-state index in [1.165, 1.54) is 12.1 Å². The van der Waals surface area contributed by atoms with Gasteiger partial charge in [-0.15, -0.1) is 0 Å². The molecule has 0 radical (unpaired) electrons. The summed E-state index contributed by atoms with van der Waals surface area (Å²) < 4.78 is 12.7. The fourth-order valence-electron chi connectivity index (χ4n) is 2.09. The number of hydrogen-bond acceptors (Lipinski definition) is 2. The molecule has 0 heterocycles. The molecule has 0 spiro atoms. The standard InChI is InChI=1S/C13H16FNO/c14-11-4-2-10(3-5-11)8-12(16)9-13(15)6-1-7-13/h2-5H,1,6-9,15H2. The van der Waals surface area contributed by atoms with E-state index < -0.39 is 0 Å². The minimum atomic E-state index is -0.273. The van der Waals surface area contributed by atoms with Crippen LogP contribution in [0.15, 0.2) is 24.3 Å². The number of halogens is 1. The average Bonchev–Trinajstić information content (AvgIpc) is 2.19. The second-order valence-electron chi connectivity index (χ2n) is 4.73. The van der Waals surface area contributed by atoms with Crippen LogP contribution in [0.1, 0.15) is 31.2 Å². The first-order valence-electron chi connectivity index (χ1n) is 5.62. The smallest absolute Gasteiger partial charge is 0.139 e. The summed E-state index contributed by atoms with van der Waals surface area (Å²) in [5.74, 6) is -0.126. The van der Waals surface area contributed by atoms with Gasteiger partial charge in [0.2, 0.25) is 0 Å². The second-order valence-corrected chi connectivity index (χ2v) is 4.73. The van der Waals surface area contributed by atoms with Gasteiger partial charge < -0.3 is 5.73 Å². The van der Waals surface area contributed by atoms with Crippen LogP contribution in [-0.4, -0.2) is 11.3 Å². The van der Waals surface area contributed by atoms with Crippen molar-refractivity contribution >= 4 is 5.78 Å². The maximum absolute atomic E-state index is 12.7. The number of rotatable bonds is 4. The Balaban J connectivity index is 1.89. The van der Waals surface area contributed by atoms with Gasteiger partial charge in [0.15, 0.2) is 0 Å². The summed E-state index contributed by atoms with van der Waals surface area (Å²) >= 11 is 0. The highest BCUT2D eigenvalue weighted by Crippen LogP contribution is 2.32. The molecule has 0 bridgehead atoms. The Morgan fingerprint density at radius 1 is 1.31 bits per heavy atom. The number of hydrogen-bond donors (Lipinski definition) is 1. The summed E-state index contributed by atoms with van der Waals surface area (Å²) in [7, 11) is 0. The van der Waals surface area contributed by atoms with Gasteiger partial charge in [0.25, 0.3) is 0 Å². The molecular formula is C13H16FNO. The molecule has 1 aromatic carbocycles. The Morgan fingerprint density at radius 2 is 1.94 bits per heavy atom. The van der Waals surface area contributed by atoms with Crippen molar-refractivity contribution in [3.05, 3.63) is 35.6 Å². The average molecular weight is 221 g/mol. The molecule has 0 amide bonds. The molecule has 0 aliphatic heterocycles. The van der Waals surface area contributed by atoms with Crippen LogP contribution < -0.4 is 5.73 Å². The molecule has 0 saturated heterocycles. The molecule has 16 heavy (non-hydrogen) atoms. The van der Waals surface area contributed by atoms with E-state index in [-0.39, 0.29) is 17.1 Å². The Bertz CT molecular complexity index is 381. The van der Waals surface area contributed by atoms with Crippen molar-refractivity contribution < 1.29 is 9.18 Å². The lowest BCUT2D eigenvalue weighted by atomic mass is 9.74. The minimum Gasteiger partial charge on any atom is -0.325 e. The van der Waals surface area contributed by atoms with Crippen LogP contribution in [0, 0.1) is 5.82 Å². The zero-order chi connectivity index (χ0) is 11.6. The summed E-state index contributed by atoms with van der Waals surface area (Å²) in [5, 5.41) is 0. The SMILES string of the molecule is NC1(CC(=O)Cc2ccc(F)cc2)CCC1. The zero-order valence-electron chi connectivity index (χ0n) is 9.21. The van der Waals surface area contributed by atoms with E-state index >= 15 is 0 Å². The van der Waals surface area contributed by atoms with Crippen LogP contribution in [0.2, 0.25) is 0 Å². The monoisotopic (exact) mass is 221 g/mol. The lowest BCUT2D eigenvalue weighted by molar-refractivity contribution is -0.120. The first-order chi connectivity index (χ1) is 7.57. The minimum absolute atomic E-state index is 0.147. The molecule has 2 N–H and O–H groups in total. The normalized spacial score (nSPS) is 17.9. The highest BCUT2D eigenvalue weighted by atomic mass is 19.1. The van der Waals surface area contributed by atoms with E-state index in [0.29, 0.717) is 12.8 Å². The number of carbonyl (C=O) groups excluding carboxylic acids is 1. The first-order valence-corrected chi connectivity index (χ1v) is 5.62. The summed E-state index contributed by atoms with van der Waals surface area (Å²) in [5.41, 5.74) is 6.60. The maximum Gasteiger partial charge on any atom is 0.139 e. The molecule has 0 aromatic heterocycles. The van der Waals surface area contributed by atoms with Gasteiger partial charge in [-0.05, 0) is 37.0 Å². The van der Waals surface area contributed by atoms with Crippen LogP contribution in [0.5, 0.6) is 0 Å². The number of carbonyl (C=O) groups is 1. The van der Waals surface area contributed by atoms with Gasteiger partial charge >= 0.3 is 0 Å². The van der Waals surface area contributed by atoms with Crippen molar-refractivity contribution in [2.75, 3.05) is 0 Å². The largest absolute Gasteiger partial charge is 0.325 e. The molecule has 1 saturated carbocycles. The van der Waals surface area contributed by atoms with Gasteiger partial charge in [-0.25, -0.2) is 4.39 Å². The topological polar surface area (TPSA) is 43.1 Å². The van der Waals surface area contributed by atoms with Crippen LogP contribution in [-0.2, 0) is 11.2 Å². The quantitative estimate of drug-likeness (QED) is 0.847. The fourth-order valence-corrected chi connectivity index (χ4v) is 2.09. The number of Topliss-reactive ketones (excluding diaryl/α,β-unsaturated/α-hetero) is 1. The molecule has 2 rings (SSSR count). The van der Waals surface area contributed by atoms with Crippen molar-refractivity contribution in [2.24, 2.45) is 5.73 Å². The Labute approximate surface area is 94.6 Å². The molecule has 1 aromatic rings. The third kappa shape index (κ3) is 2.67. The zero-order valence-corrected chi connectivity index (χ0v) is 9.21. The molecule has 3 heteroatoms. The van der Waals surface area contributed by atoms with E-state index in [1.54, 1.807) is 12.1 Å². The summed E-state index contributed by atoms with van der Waals surface area (Å²) in [6.45, 7) is 0. The molecular weight excluding hydrogens is 205 g/mol. The van der Waals surface area contributed by atoms with Crippen molar-refractivity contribution in [3.63, 3.8) is 0 Å². The Hall–Kier alpha value is -1.22. The Morgan fingerprint density at radius 3 is 2.44 bits per heavy atom. The summed E-state index contributed by atoms with van der Waals surface area (Å²) in [6.07, 6.45) is 3.83. The highest BCUT2D eigenvalue weighted by molar-refractivity contribution is 5.82. The summed E-state index contributed by atoms with van der Waals surface area (Å²) in [4.78, 5) is 11.7. The van der Waals surface area contributed by atoms with Crippen molar-refractivity contribution in [1.82, 2.24) is 0 Å². The molecule has 0 atom stereocenters. The predicted molar refractivity (Wildman–Crippen MR) is 60.5 cm³/mol. The Kier molecular flexibility index (Phi) is 3.06. The van der Waals surface area contributed by atoms with E-state index in [2.05, 4.69) is 0 Å². The number of benzene rings is 1. The molecule has 0 unspecified atom stereocenters. The molecule has 1 fully saturated rings. The van der Waals surface area contributed by atoms with Crippen molar-refractivity contribution in [3.8, 4) is 0 Å². The van der Waals surface area contributed by atoms with Gasteiger partial charge in [-0.1, -0.05) is 12.1 Å². The predicted octanol–water partition coefficient (Wildman–Crippen LogP) is 2.21. The van der Waals surface area contributed by atoms with E-state index in [1.807, 2.05) is 0 Å². The highest BCUT2D eigenvalue weighted by Gasteiger charge is 2.34. The molecule has 1 aliphatic rings. The third-order valence-electron chi connectivity index (χ3n) is 3.21. The first kappa shape index (κ1) is 11.3. The number of ketones is 1. The maximum atomic E-state index is 12.7. The fraction of sp³-hybridized carbons (Fsp3) is 0.462.